The third kappa shape index (κ3) is 7.15. The first-order valence-corrected chi connectivity index (χ1v) is 14.4. The van der Waals surface area contributed by atoms with Gasteiger partial charge in [-0.3, -0.25) is 9.59 Å². The number of likely N-dealkylation sites (N-methyl/N-ethyl adjacent to an activating group) is 1. The summed E-state index contributed by atoms with van der Waals surface area (Å²) in [5, 5.41) is -0.411. The number of methoxy groups -OCH3 is 3. The lowest BCUT2D eigenvalue weighted by Gasteiger charge is -2.30. The topological polar surface area (TPSA) is 77.5 Å². The monoisotopic (exact) mass is 578 g/mol. The molecule has 3 aromatic rings. The number of hydrogen-bond donors (Lipinski definition) is 0. The number of amides is 1. The second-order valence-corrected chi connectivity index (χ2v) is 11.3. The van der Waals surface area contributed by atoms with Gasteiger partial charge >= 0.3 is 5.97 Å². The summed E-state index contributed by atoms with van der Waals surface area (Å²) in [5.74, 6) is 1.61. The van der Waals surface area contributed by atoms with Crippen molar-refractivity contribution in [1.82, 2.24) is 4.90 Å². The van der Waals surface area contributed by atoms with E-state index >= 15 is 0 Å². The molecule has 1 aliphatic rings. The molecule has 218 valence electrons. The summed E-state index contributed by atoms with van der Waals surface area (Å²) in [7, 11) is 6.92. The fourth-order valence-electron chi connectivity index (χ4n) is 5.03. The van der Waals surface area contributed by atoms with E-state index in [0.29, 0.717) is 24.6 Å². The van der Waals surface area contributed by atoms with Crippen LogP contribution in [0.5, 0.6) is 17.2 Å². The van der Waals surface area contributed by atoms with Crippen LogP contribution in [0.15, 0.2) is 71.6 Å². The third-order valence-corrected chi connectivity index (χ3v) is 8.57. The highest BCUT2D eigenvalue weighted by Crippen LogP contribution is 2.47. The number of carbonyl (C=O) groups is 2. The van der Waals surface area contributed by atoms with E-state index in [1.165, 1.54) is 18.7 Å². The predicted octanol–water partition coefficient (Wildman–Crippen LogP) is 5.56. The molecule has 3 unspecified atom stereocenters. The highest BCUT2D eigenvalue weighted by Gasteiger charge is 2.40. The van der Waals surface area contributed by atoms with Crippen molar-refractivity contribution in [3.05, 3.63) is 77.9 Å². The Kier molecular flexibility index (Phi) is 10.2. The summed E-state index contributed by atoms with van der Waals surface area (Å²) in [5.41, 5.74) is 2.84. The largest absolute Gasteiger partial charge is 0.497 e. The van der Waals surface area contributed by atoms with Crippen LogP contribution in [0.4, 0.5) is 5.69 Å². The van der Waals surface area contributed by atoms with Crippen LogP contribution >= 0.6 is 11.8 Å². The van der Waals surface area contributed by atoms with Gasteiger partial charge in [0.25, 0.3) is 5.91 Å². The molecule has 0 saturated heterocycles. The zero-order valence-electron chi connectivity index (χ0n) is 24.5. The Morgan fingerprint density at radius 2 is 1.68 bits per heavy atom. The minimum absolute atomic E-state index is 0.218. The number of esters is 1. The van der Waals surface area contributed by atoms with Crippen LogP contribution in [0.3, 0.4) is 0 Å². The van der Waals surface area contributed by atoms with Gasteiger partial charge in [0.2, 0.25) is 0 Å². The maximum atomic E-state index is 14.1. The number of rotatable bonds is 11. The second kappa shape index (κ2) is 13.8. The minimum Gasteiger partial charge on any atom is -0.497 e. The molecule has 9 heteroatoms. The van der Waals surface area contributed by atoms with Crippen LogP contribution < -0.4 is 19.1 Å². The van der Waals surface area contributed by atoms with E-state index in [1.807, 2.05) is 67.7 Å². The van der Waals surface area contributed by atoms with E-state index in [1.54, 1.807) is 26.2 Å². The molecule has 1 amide bonds. The molecule has 0 fully saturated rings. The number of thioether (sulfide) groups is 1. The average Bonchev–Trinajstić information content (AvgIpc) is 3.09. The summed E-state index contributed by atoms with van der Waals surface area (Å²) in [6.07, 6.45) is -0.978. The van der Waals surface area contributed by atoms with Crippen molar-refractivity contribution in [3.8, 4) is 17.2 Å². The van der Waals surface area contributed by atoms with Gasteiger partial charge in [0, 0.05) is 31.5 Å². The third-order valence-electron chi connectivity index (χ3n) is 7.20. The maximum Gasteiger partial charge on any atom is 0.303 e. The van der Waals surface area contributed by atoms with E-state index in [9.17, 15) is 9.59 Å². The van der Waals surface area contributed by atoms with Crippen LogP contribution in [0.2, 0.25) is 0 Å². The molecular formula is C32H38N2O6S. The molecule has 1 aliphatic heterocycles. The number of nitrogens with zero attached hydrogens (tertiary/aromatic N) is 2. The molecule has 3 aromatic carbocycles. The van der Waals surface area contributed by atoms with Gasteiger partial charge < -0.3 is 28.7 Å². The molecule has 0 spiro atoms. The van der Waals surface area contributed by atoms with Gasteiger partial charge in [-0.15, -0.1) is 11.8 Å². The Balaban J connectivity index is 1.55. The minimum atomic E-state index is -0.978. The van der Waals surface area contributed by atoms with Gasteiger partial charge in [0.05, 0.1) is 32.3 Å². The normalized spacial score (nSPS) is 17.4. The molecule has 41 heavy (non-hydrogen) atoms. The first kappa shape index (κ1) is 30.3. The van der Waals surface area contributed by atoms with Gasteiger partial charge in [-0.05, 0) is 60.5 Å². The molecule has 8 nitrogen and oxygen atoms in total. The summed E-state index contributed by atoms with van der Waals surface area (Å²) < 4.78 is 21.9. The number of para-hydroxylation sites is 1. The second-order valence-electron chi connectivity index (χ2n) is 10.1. The van der Waals surface area contributed by atoms with Gasteiger partial charge in [-0.1, -0.05) is 37.3 Å². The molecular weight excluding hydrogens is 540 g/mol. The molecule has 1 heterocycles. The summed E-state index contributed by atoms with van der Waals surface area (Å²) in [6, 6.07) is 21.4. The van der Waals surface area contributed by atoms with Crippen LogP contribution in [-0.2, 0) is 14.3 Å². The number of anilines is 1. The number of ether oxygens (including phenoxy) is 4. The standard InChI is InChI=1S/C32H38N2O6S/c1-21(24-13-16-27(38-5)28(19-24)39-6)20-33(3)17-18-34-26-9-7-8-10-29(26)41-31(30(32(34)36)40-22(2)35)23-11-14-25(37-4)15-12-23/h7-16,19,21,30-31H,17-18,20H2,1-6H3. The van der Waals surface area contributed by atoms with Gasteiger partial charge in [-0.25, -0.2) is 0 Å². The quantitative estimate of drug-likeness (QED) is 0.274. The van der Waals surface area contributed by atoms with Crippen molar-refractivity contribution in [1.29, 1.82) is 0 Å². The smallest absolute Gasteiger partial charge is 0.303 e. The predicted molar refractivity (Wildman–Crippen MR) is 161 cm³/mol. The zero-order chi connectivity index (χ0) is 29.5. The van der Waals surface area contributed by atoms with Crippen LogP contribution in [0.25, 0.3) is 0 Å². The number of fused-ring (bicyclic) bond motifs is 1. The lowest BCUT2D eigenvalue weighted by atomic mass is 10.00. The van der Waals surface area contributed by atoms with Crippen molar-refractivity contribution in [2.24, 2.45) is 0 Å². The van der Waals surface area contributed by atoms with E-state index in [4.69, 9.17) is 18.9 Å². The fourth-order valence-corrected chi connectivity index (χ4v) is 6.35. The Morgan fingerprint density at radius 3 is 2.34 bits per heavy atom. The lowest BCUT2D eigenvalue weighted by molar-refractivity contribution is -0.152. The van der Waals surface area contributed by atoms with Crippen molar-refractivity contribution in [2.75, 3.05) is 52.9 Å². The van der Waals surface area contributed by atoms with Crippen LogP contribution in [0, 0.1) is 0 Å². The number of carbonyl (C=O) groups excluding carboxylic acids is 2. The first-order valence-electron chi connectivity index (χ1n) is 13.5. The average molecular weight is 579 g/mol. The highest BCUT2D eigenvalue weighted by atomic mass is 32.2. The van der Waals surface area contributed by atoms with E-state index < -0.39 is 17.3 Å². The molecule has 0 radical (unpaired) electrons. The summed E-state index contributed by atoms with van der Waals surface area (Å²) >= 11 is 1.53. The molecule has 0 N–H and O–H groups in total. The summed E-state index contributed by atoms with van der Waals surface area (Å²) in [6.45, 7) is 5.35. The SMILES string of the molecule is COc1ccc(C2Sc3ccccc3N(CCN(C)CC(C)c3ccc(OC)c(OC)c3)C(=O)C2OC(C)=O)cc1. The lowest BCUT2D eigenvalue weighted by Crippen LogP contribution is -2.45. The number of benzene rings is 3. The molecule has 0 aliphatic carbocycles. The zero-order valence-corrected chi connectivity index (χ0v) is 25.3. The number of hydrogen-bond acceptors (Lipinski definition) is 8. The van der Waals surface area contributed by atoms with Crippen molar-refractivity contribution >= 4 is 29.3 Å². The van der Waals surface area contributed by atoms with Gasteiger partial charge in [-0.2, -0.15) is 0 Å². The van der Waals surface area contributed by atoms with Crippen molar-refractivity contribution in [3.63, 3.8) is 0 Å². The molecule has 0 aromatic heterocycles. The summed E-state index contributed by atoms with van der Waals surface area (Å²) in [4.78, 5) is 31.2. The van der Waals surface area contributed by atoms with E-state index in [2.05, 4.69) is 17.9 Å². The molecule has 3 atom stereocenters. The fraction of sp³-hybridized carbons (Fsp3) is 0.375. The molecule has 4 rings (SSSR count). The van der Waals surface area contributed by atoms with Crippen LogP contribution in [-0.4, -0.2) is 70.9 Å². The van der Waals surface area contributed by atoms with E-state index in [0.717, 1.165) is 34.0 Å². The Bertz CT molecular complexity index is 1350. The maximum absolute atomic E-state index is 14.1. The highest BCUT2D eigenvalue weighted by molar-refractivity contribution is 7.99. The van der Waals surface area contributed by atoms with Crippen molar-refractivity contribution < 1.29 is 28.5 Å². The molecule has 0 bridgehead atoms. The van der Waals surface area contributed by atoms with Gasteiger partial charge in [0.1, 0.15) is 5.75 Å². The Hall–Kier alpha value is -3.69. The Labute approximate surface area is 246 Å². The van der Waals surface area contributed by atoms with Gasteiger partial charge in [0.15, 0.2) is 17.6 Å². The van der Waals surface area contributed by atoms with Crippen molar-refractivity contribution in [2.45, 2.75) is 36.0 Å². The van der Waals surface area contributed by atoms with E-state index in [-0.39, 0.29) is 11.8 Å². The first-order chi connectivity index (χ1) is 19.7. The Morgan fingerprint density at radius 1 is 0.976 bits per heavy atom. The molecule has 0 saturated carbocycles. The van der Waals surface area contributed by atoms with Crippen LogP contribution in [0.1, 0.15) is 36.1 Å².